The highest BCUT2D eigenvalue weighted by atomic mass is 16.2. The minimum atomic E-state index is -0.999. The molecule has 6 heteroatoms. The number of carbonyl (C=O) groups is 2. The van der Waals surface area contributed by atoms with Gasteiger partial charge in [0.1, 0.15) is 5.54 Å². The first-order valence-electron chi connectivity index (χ1n) is 8.07. The Morgan fingerprint density at radius 2 is 1.91 bits per heavy atom. The van der Waals surface area contributed by atoms with Crippen molar-refractivity contribution in [3.8, 4) is 0 Å². The van der Waals surface area contributed by atoms with Gasteiger partial charge in [-0.2, -0.15) is 0 Å². The maximum Gasteiger partial charge on any atom is 0.320 e. The van der Waals surface area contributed by atoms with Gasteiger partial charge in [0.25, 0.3) is 0 Å². The van der Waals surface area contributed by atoms with E-state index in [4.69, 9.17) is 5.73 Å². The van der Waals surface area contributed by atoms with Crippen molar-refractivity contribution in [3.63, 3.8) is 0 Å². The molecule has 0 aliphatic heterocycles. The summed E-state index contributed by atoms with van der Waals surface area (Å²) in [6.45, 7) is 3.96. The number of hydrogen-bond donors (Lipinski definition) is 4. The second-order valence-electron chi connectivity index (χ2n) is 6.58. The highest BCUT2D eigenvalue weighted by Crippen LogP contribution is 2.25. The van der Waals surface area contributed by atoms with Gasteiger partial charge < -0.3 is 21.7 Å². The summed E-state index contributed by atoms with van der Waals surface area (Å²) >= 11 is 0. The van der Waals surface area contributed by atoms with Gasteiger partial charge in [0.15, 0.2) is 0 Å². The van der Waals surface area contributed by atoms with Crippen LogP contribution < -0.4 is 21.7 Å². The van der Waals surface area contributed by atoms with Crippen molar-refractivity contribution in [2.24, 2.45) is 11.7 Å². The molecule has 6 nitrogen and oxygen atoms in total. The second-order valence-corrected chi connectivity index (χ2v) is 6.58. The predicted molar refractivity (Wildman–Crippen MR) is 91.0 cm³/mol. The van der Waals surface area contributed by atoms with Crippen molar-refractivity contribution >= 4 is 17.6 Å². The molecule has 0 heterocycles. The average molecular weight is 318 g/mol. The van der Waals surface area contributed by atoms with Crippen molar-refractivity contribution in [3.05, 3.63) is 30.3 Å². The van der Waals surface area contributed by atoms with Crippen LogP contribution in [0.4, 0.5) is 10.5 Å². The molecule has 23 heavy (non-hydrogen) atoms. The third-order valence-corrected chi connectivity index (χ3v) is 4.30. The first-order valence-corrected chi connectivity index (χ1v) is 8.07. The number of urea groups is 1. The zero-order chi connectivity index (χ0) is 16.9. The Labute approximate surface area is 137 Å². The summed E-state index contributed by atoms with van der Waals surface area (Å²) in [4.78, 5) is 24.5. The number of benzene rings is 1. The molecule has 2 unspecified atom stereocenters. The molecule has 1 fully saturated rings. The fourth-order valence-electron chi connectivity index (χ4n) is 2.88. The molecule has 0 saturated heterocycles. The largest absolute Gasteiger partial charge is 0.351 e. The standard InChI is InChI=1S/C17H26N4O2/c1-17(2,15(22)20-14-10-6-7-12(14)11-18)21-16(23)19-13-8-4-3-5-9-13/h3-5,8-9,12,14H,6-7,10-11,18H2,1-2H3,(H,20,22)(H2,19,21,23). The third kappa shape index (κ3) is 4.69. The van der Waals surface area contributed by atoms with Crippen molar-refractivity contribution in [1.29, 1.82) is 0 Å². The van der Waals surface area contributed by atoms with Crippen LogP contribution in [0.2, 0.25) is 0 Å². The number of nitrogens with two attached hydrogens (primary N) is 1. The smallest absolute Gasteiger partial charge is 0.320 e. The van der Waals surface area contributed by atoms with Crippen LogP contribution in [0.3, 0.4) is 0 Å². The number of amides is 3. The Kier molecular flexibility index (Phi) is 5.60. The van der Waals surface area contributed by atoms with E-state index >= 15 is 0 Å². The molecule has 2 atom stereocenters. The molecule has 0 aromatic heterocycles. The van der Waals surface area contributed by atoms with E-state index in [0.29, 0.717) is 18.2 Å². The van der Waals surface area contributed by atoms with Crippen LogP contribution >= 0.6 is 0 Å². The second kappa shape index (κ2) is 7.46. The van der Waals surface area contributed by atoms with Crippen LogP contribution in [-0.4, -0.2) is 30.1 Å². The molecule has 1 aromatic rings. The lowest BCUT2D eigenvalue weighted by Gasteiger charge is -2.29. The fraction of sp³-hybridized carbons (Fsp3) is 0.529. The van der Waals surface area contributed by atoms with E-state index in [0.717, 1.165) is 19.3 Å². The van der Waals surface area contributed by atoms with E-state index in [2.05, 4.69) is 16.0 Å². The molecule has 1 aliphatic carbocycles. The van der Waals surface area contributed by atoms with Crippen LogP contribution in [0.1, 0.15) is 33.1 Å². The van der Waals surface area contributed by atoms with Gasteiger partial charge in [0.05, 0.1) is 0 Å². The first kappa shape index (κ1) is 17.3. The topological polar surface area (TPSA) is 96.2 Å². The van der Waals surface area contributed by atoms with E-state index < -0.39 is 11.6 Å². The highest BCUT2D eigenvalue weighted by Gasteiger charge is 2.34. The summed E-state index contributed by atoms with van der Waals surface area (Å²) < 4.78 is 0. The summed E-state index contributed by atoms with van der Waals surface area (Å²) in [5.74, 6) is 0.138. The number of nitrogens with one attached hydrogen (secondary N) is 3. The Balaban J connectivity index is 1.89. The Hall–Kier alpha value is -2.08. The van der Waals surface area contributed by atoms with Gasteiger partial charge in [-0.1, -0.05) is 24.6 Å². The molecule has 5 N–H and O–H groups in total. The molecule has 3 amide bonds. The number of hydrogen-bond acceptors (Lipinski definition) is 3. The van der Waals surface area contributed by atoms with Crippen molar-refractivity contribution in [2.75, 3.05) is 11.9 Å². The zero-order valence-corrected chi connectivity index (χ0v) is 13.8. The summed E-state index contributed by atoms with van der Waals surface area (Å²) in [5.41, 5.74) is 5.43. The lowest BCUT2D eigenvalue weighted by molar-refractivity contribution is -0.127. The normalized spacial score (nSPS) is 20.8. The van der Waals surface area contributed by atoms with Crippen LogP contribution in [0.25, 0.3) is 0 Å². The lowest BCUT2D eigenvalue weighted by Crippen LogP contribution is -2.58. The molecule has 1 saturated carbocycles. The Bertz CT molecular complexity index is 545. The van der Waals surface area contributed by atoms with Gasteiger partial charge in [-0.3, -0.25) is 4.79 Å². The molecule has 0 spiro atoms. The van der Waals surface area contributed by atoms with Crippen molar-refractivity contribution in [1.82, 2.24) is 10.6 Å². The molecule has 2 rings (SSSR count). The molecule has 126 valence electrons. The molecule has 1 aliphatic rings. The maximum atomic E-state index is 12.5. The van der Waals surface area contributed by atoms with Crippen LogP contribution in [0.15, 0.2) is 30.3 Å². The van der Waals surface area contributed by atoms with E-state index in [9.17, 15) is 9.59 Å². The SMILES string of the molecule is CC(C)(NC(=O)Nc1ccccc1)C(=O)NC1CCCC1CN. The fourth-order valence-corrected chi connectivity index (χ4v) is 2.88. The Morgan fingerprint density at radius 1 is 1.22 bits per heavy atom. The molecule has 0 bridgehead atoms. The summed E-state index contributed by atoms with van der Waals surface area (Å²) in [5, 5.41) is 8.46. The van der Waals surface area contributed by atoms with Gasteiger partial charge >= 0.3 is 6.03 Å². The van der Waals surface area contributed by atoms with E-state index in [1.54, 1.807) is 26.0 Å². The van der Waals surface area contributed by atoms with Crippen molar-refractivity contribution < 1.29 is 9.59 Å². The van der Waals surface area contributed by atoms with Crippen LogP contribution in [0, 0.1) is 5.92 Å². The van der Waals surface area contributed by atoms with Crippen molar-refractivity contribution in [2.45, 2.75) is 44.7 Å². The van der Waals surface area contributed by atoms with Gasteiger partial charge in [-0.05, 0) is 51.3 Å². The minimum Gasteiger partial charge on any atom is -0.351 e. The van der Waals surface area contributed by atoms with Gasteiger partial charge in [-0.15, -0.1) is 0 Å². The van der Waals surface area contributed by atoms with E-state index in [1.807, 2.05) is 18.2 Å². The molecule has 1 aromatic carbocycles. The highest BCUT2D eigenvalue weighted by molar-refractivity contribution is 5.95. The van der Waals surface area contributed by atoms with Gasteiger partial charge in [0.2, 0.25) is 5.91 Å². The quantitative estimate of drug-likeness (QED) is 0.667. The summed E-state index contributed by atoms with van der Waals surface area (Å²) in [6.07, 6.45) is 3.07. The molecular weight excluding hydrogens is 292 g/mol. The minimum absolute atomic E-state index is 0.103. The molecule has 0 radical (unpaired) electrons. The summed E-state index contributed by atoms with van der Waals surface area (Å²) in [7, 11) is 0. The average Bonchev–Trinajstić information content (AvgIpc) is 2.94. The number of carbonyl (C=O) groups excluding carboxylic acids is 2. The number of rotatable bonds is 5. The van der Waals surface area contributed by atoms with Crippen LogP contribution in [0.5, 0.6) is 0 Å². The number of anilines is 1. The Morgan fingerprint density at radius 3 is 2.57 bits per heavy atom. The maximum absolute atomic E-state index is 12.5. The monoisotopic (exact) mass is 318 g/mol. The first-order chi connectivity index (χ1) is 10.9. The van der Waals surface area contributed by atoms with E-state index in [-0.39, 0.29) is 11.9 Å². The van der Waals surface area contributed by atoms with Gasteiger partial charge in [-0.25, -0.2) is 4.79 Å². The summed E-state index contributed by atoms with van der Waals surface area (Å²) in [6, 6.07) is 8.81. The number of para-hydroxylation sites is 1. The van der Waals surface area contributed by atoms with Crippen LogP contribution in [-0.2, 0) is 4.79 Å². The van der Waals surface area contributed by atoms with Gasteiger partial charge in [0, 0.05) is 11.7 Å². The zero-order valence-electron chi connectivity index (χ0n) is 13.8. The third-order valence-electron chi connectivity index (χ3n) is 4.30. The van der Waals surface area contributed by atoms with E-state index in [1.165, 1.54) is 0 Å². The molecular formula is C17H26N4O2. The lowest BCUT2D eigenvalue weighted by atomic mass is 10.0. The predicted octanol–water partition coefficient (Wildman–Crippen LogP) is 1.83.